The van der Waals surface area contributed by atoms with Crippen LogP contribution < -0.4 is 15.5 Å². The SMILES string of the molecule is CCNC(=O)Nc1cc(N2CCCC(C)(C)C2)c(-c2cncc(C(=O)OCC)c2)cn1. The van der Waals surface area contributed by atoms with Crippen molar-refractivity contribution < 1.29 is 14.3 Å². The summed E-state index contributed by atoms with van der Waals surface area (Å²) in [7, 11) is 0. The summed E-state index contributed by atoms with van der Waals surface area (Å²) in [5.41, 5.74) is 3.17. The van der Waals surface area contributed by atoms with Crippen molar-refractivity contribution in [3.8, 4) is 11.1 Å². The van der Waals surface area contributed by atoms with Crippen molar-refractivity contribution in [1.82, 2.24) is 15.3 Å². The van der Waals surface area contributed by atoms with E-state index in [-0.39, 0.29) is 11.4 Å². The second-order valence-electron chi connectivity index (χ2n) is 8.44. The first-order valence-corrected chi connectivity index (χ1v) is 10.8. The van der Waals surface area contributed by atoms with Gasteiger partial charge in [-0.05, 0) is 38.2 Å². The number of hydrogen-bond donors (Lipinski definition) is 2. The molecule has 31 heavy (non-hydrogen) atoms. The lowest BCUT2D eigenvalue weighted by Crippen LogP contribution is -2.40. The molecule has 1 saturated heterocycles. The summed E-state index contributed by atoms with van der Waals surface area (Å²) in [6.45, 7) is 10.8. The third-order valence-corrected chi connectivity index (χ3v) is 5.26. The molecule has 2 amide bonds. The second-order valence-corrected chi connectivity index (χ2v) is 8.44. The highest BCUT2D eigenvalue weighted by Gasteiger charge is 2.28. The highest BCUT2D eigenvalue weighted by molar-refractivity contribution is 5.92. The van der Waals surface area contributed by atoms with Crippen molar-refractivity contribution in [2.24, 2.45) is 5.41 Å². The molecule has 0 aliphatic carbocycles. The van der Waals surface area contributed by atoms with Gasteiger partial charge in [0.05, 0.1) is 12.2 Å². The molecule has 2 N–H and O–H groups in total. The van der Waals surface area contributed by atoms with E-state index < -0.39 is 5.97 Å². The maximum atomic E-state index is 12.2. The van der Waals surface area contributed by atoms with E-state index in [0.717, 1.165) is 42.7 Å². The molecule has 2 aromatic heterocycles. The Balaban J connectivity index is 2.02. The molecule has 8 nitrogen and oxygen atoms in total. The third kappa shape index (κ3) is 5.71. The van der Waals surface area contributed by atoms with Gasteiger partial charge in [-0.1, -0.05) is 13.8 Å². The number of pyridine rings is 2. The zero-order valence-electron chi connectivity index (χ0n) is 18.7. The van der Waals surface area contributed by atoms with Crippen molar-refractivity contribution in [3.05, 3.63) is 36.3 Å². The number of piperidine rings is 1. The Labute approximate surface area is 183 Å². The summed E-state index contributed by atoms with van der Waals surface area (Å²) in [6, 6.07) is 3.37. The van der Waals surface area contributed by atoms with Crippen molar-refractivity contribution in [1.29, 1.82) is 0 Å². The van der Waals surface area contributed by atoms with Crippen molar-refractivity contribution in [3.63, 3.8) is 0 Å². The quantitative estimate of drug-likeness (QED) is 0.677. The molecule has 0 bridgehead atoms. The average molecular weight is 426 g/mol. The van der Waals surface area contributed by atoms with E-state index in [1.165, 1.54) is 6.20 Å². The Morgan fingerprint density at radius 1 is 1.19 bits per heavy atom. The fourth-order valence-corrected chi connectivity index (χ4v) is 3.86. The van der Waals surface area contributed by atoms with Gasteiger partial charge in [0.25, 0.3) is 0 Å². The number of anilines is 2. The van der Waals surface area contributed by atoms with Gasteiger partial charge in [-0.25, -0.2) is 14.6 Å². The minimum Gasteiger partial charge on any atom is -0.462 e. The predicted octanol–water partition coefficient (Wildman–Crippen LogP) is 4.09. The molecule has 0 aromatic carbocycles. The van der Waals surface area contributed by atoms with Crippen LogP contribution in [0.2, 0.25) is 0 Å². The fraction of sp³-hybridized carbons (Fsp3) is 0.478. The lowest BCUT2D eigenvalue weighted by atomic mass is 9.83. The number of rotatable bonds is 6. The van der Waals surface area contributed by atoms with Crippen LogP contribution in [-0.4, -0.2) is 48.2 Å². The minimum absolute atomic E-state index is 0.178. The Bertz CT molecular complexity index is 945. The van der Waals surface area contributed by atoms with Crippen molar-refractivity contribution in [2.75, 3.05) is 36.5 Å². The first kappa shape index (κ1) is 22.5. The minimum atomic E-state index is -0.403. The van der Waals surface area contributed by atoms with Gasteiger partial charge in [0, 0.05) is 61.1 Å². The van der Waals surface area contributed by atoms with E-state index in [1.54, 1.807) is 25.4 Å². The van der Waals surface area contributed by atoms with Crippen LogP contribution in [0, 0.1) is 5.41 Å². The molecule has 1 aliphatic rings. The standard InChI is InChI=1S/C23H31N5O3/c1-5-25-22(30)27-20-11-19(28-9-7-8-23(3,4)15-28)18(14-26-20)16-10-17(13-24-12-16)21(29)31-6-2/h10-14H,5-9,15H2,1-4H3,(H2,25,26,27,30). The first-order chi connectivity index (χ1) is 14.8. The fourth-order valence-electron chi connectivity index (χ4n) is 3.86. The summed E-state index contributed by atoms with van der Waals surface area (Å²) < 4.78 is 5.12. The Morgan fingerprint density at radius 3 is 2.71 bits per heavy atom. The highest BCUT2D eigenvalue weighted by atomic mass is 16.5. The number of aromatic nitrogens is 2. The van der Waals surface area contributed by atoms with E-state index in [9.17, 15) is 9.59 Å². The van der Waals surface area contributed by atoms with E-state index in [0.29, 0.717) is 24.5 Å². The topological polar surface area (TPSA) is 96.5 Å². The molecule has 8 heteroatoms. The first-order valence-electron chi connectivity index (χ1n) is 10.8. The molecule has 3 rings (SSSR count). The normalized spacial score (nSPS) is 15.3. The Kier molecular flexibility index (Phi) is 7.09. The molecule has 0 atom stereocenters. The molecular weight excluding hydrogens is 394 g/mol. The molecule has 0 radical (unpaired) electrons. The summed E-state index contributed by atoms with van der Waals surface area (Å²) in [5.74, 6) is 0.0718. The van der Waals surface area contributed by atoms with Crippen LogP contribution >= 0.6 is 0 Å². The van der Waals surface area contributed by atoms with Crippen molar-refractivity contribution in [2.45, 2.75) is 40.5 Å². The van der Waals surface area contributed by atoms with Crippen LogP contribution in [0.15, 0.2) is 30.7 Å². The number of ether oxygens (including phenoxy) is 1. The van der Waals surface area contributed by atoms with Gasteiger partial charge in [-0.15, -0.1) is 0 Å². The molecule has 2 aromatic rings. The zero-order chi connectivity index (χ0) is 22.4. The molecular formula is C23H31N5O3. The van der Waals surface area contributed by atoms with Gasteiger partial charge in [0.1, 0.15) is 5.82 Å². The average Bonchev–Trinajstić information content (AvgIpc) is 2.73. The number of esters is 1. The summed E-state index contributed by atoms with van der Waals surface area (Å²) in [5, 5.41) is 5.51. The largest absolute Gasteiger partial charge is 0.462 e. The van der Waals surface area contributed by atoms with Crippen LogP contribution in [0.4, 0.5) is 16.3 Å². The predicted molar refractivity (Wildman–Crippen MR) is 121 cm³/mol. The number of amides is 2. The third-order valence-electron chi connectivity index (χ3n) is 5.26. The number of carbonyl (C=O) groups is 2. The van der Waals surface area contributed by atoms with Gasteiger partial charge in [-0.3, -0.25) is 10.3 Å². The van der Waals surface area contributed by atoms with E-state index >= 15 is 0 Å². The molecule has 3 heterocycles. The van der Waals surface area contributed by atoms with E-state index in [2.05, 4.69) is 39.3 Å². The lowest BCUT2D eigenvalue weighted by molar-refractivity contribution is 0.0526. The monoisotopic (exact) mass is 425 g/mol. The highest BCUT2D eigenvalue weighted by Crippen LogP contribution is 2.37. The molecule has 1 fully saturated rings. The lowest BCUT2D eigenvalue weighted by Gasteiger charge is -2.40. The summed E-state index contributed by atoms with van der Waals surface area (Å²) >= 11 is 0. The zero-order valence-corrected chi connectivity index (χ0v) is 18.7. The number of hydrogen-bond acceptors (Lipinski definition) is 6. The van der Waals surface area contributed by atoms with Gasteiger partial charge in [0.2, 0.25) is 0 Å². The smallest absolute Gasteiger partial charge is 0.339 e. The van der Waals surface area contributed by atoms with E-state index in [4.69, 9.17) is 4.74 Å². The molecule has 0 spiro atoms. The van der Waals surface area contributed by atoms with Crippen LogP contribution in [0.5, 0.6) is 0 Å². The van der Waals surface area contributed by atoms with Gasteiger partial charge < -0.3 is 15.0 Å². The maximum Gasteiger partial charge on any atom is 0.339 e. The van der Waals surface area contributed by atoms with Gasteiger partial charge in [0.15, 0.2) is 0 Å². The Morgan fingerprint density at radius 2 is 2.00 bits per heavy atom. The number of urea groups is 1. The number of carbonyl (C=O) groups excluding carboxylic acids is 2. The number of nitrogens with one attached hydrogen (secondary N) is 2. The van der Waals surface area contributed by atoms with Gasteiger partial charge in [-0.2, -0.15) is 0 Å². The number of nitrogens with zero attached hydrogens (tertiary/aromatic N) is 3. The summed E-state index contributed by atoms with van der Waals surface area (Å²) in [4.78, 5) is 35.2. The second kappa shape index (κ2) is 9.76. The maximum absolute atomic E-state index is 12.2. The van der Waals surface area contributed by atoms with Crippen LogP contribution in [0.3, 0.4) is 0 Å². The Hall–Kier alpha value is -3.16. The van der Waals surface area contributed by atoms with Gasteiger partial charge >= 0.3 is 12.0 Å². The molecule has 0 unspecified atom stereocenters. The molecule has 0 saturated carbocycles. The summed E-state index contributed by atoms with van der Waals surface area (Å²) in [6.07, 6.45) is 7.19. The molecule has 1 aliphatic heterocycles. The molecule has 166 valence electrons. The van der Waals surface area contributed by atoms with Crippen LogP contribution in [0.25, 0.3) is 11.1 Å². The van der Waals surface area contributed by atoms with Crippen LogP contribution in [-0.2, 0) is 4.74 Å². The van der Waals surface area contributed by atoms with Crippen molar-refractivity contribution >= 4 is 23.5 Å². The van der Waals surface area contributed by atoms with Crippen LogP contribution in [0.1, 0.15) is 50.9 Å². The van der Waals surface area contributed by atoms with E-state index in [1.807, 2.05) is 13.0 Å².